The fraction of sp³-hybridized carbons (Fsp3) is 0.771. The third-order valence-electron chi connectivity index (χ3n) is 12.1. The zero-order chi connectivity index (χ0) is 27.1. The number of rotatable bonds is 8. The number of ether oxygens (including phenoxy) is 1. The predicted molar refractivity (Wildman–Crippen MR) is 156 cm³/mol. The maximum absolute atomic E-state index is 12.7. The number of aromatic nitrogens is 1. The van der Waals surface area contributed by atoms with Gasteiger partial charge in [0.15, 0.2) is 0 Å². The van der Waals surface area contributed by atoms with Gasteiger partial charge in [-0.2, -0.15) is 0 Å². The zero-order valence-corrected chi connectivity index (χ0v) is 25.0. The number of hydrogen-bond acceptors (Lipinski definition) is 3. The van der Waals surface area contributed by atoms with Gasteiger partial charge in [-0.3, -0.25) is 4.98 Å². The van der Waals surface area contributed by atoms with Gasteiger partial charge < -0.3 is 4.74 Å². The highest BCUT2D eigenvalue weighted by Crippen LogP contribution is 2.67. The minimum absolute atomic E-state index is 0.00139. The van der Waals surface area contributed by atoms with E-state index in [-0.39, 0.29) is 17.5 Å². The number of pyridine rings is 1. The lowest BCUT2D eigenvalue weighted by Crippen LogP contribution is -2.51. The van der Waals surface area contributed by atoms with Crippen LogP contribution in [0.1, 0.15) is 123 Å². The predicted octanol–water partition coefficient (Wildman–Crippen LogP) is 9.28. The Morgan fingerprint density at radius 3 is 2.61 bits per heavy atom. The van der Waals surface area contributed by atoms with Gasteiger partial charge in [-0.15, -0.1) is 0 Å². The maximum Gasteiger partial charge on any atom is 0.339 e. The van der Waals surface area contributed by atoms with Crippen molar-refractivity contribution in [2.24, 2.45) is 52.3 Å². The molecule has 0 aliphatic heterocycles. The highest BCUT2D eigenvalue weighted by atomic mass is 16.5. The van der Waals surface area contributed by atoms with Gasteiger partial charge in [0.05, 0.1) is 5.56 Å². The van der Waals surface area contributed by atoms with Crippen molar-refractivity contribution in [2.45, 2.75) is 118 Å². The van der Waals surface area contributed by atoms with E-state index in [0.717, 1.165) is 60.7 Å². The molecule has 0 amide bonds. The molecular weight excluding hydrogens is 466 g/mol. The first-order valence-corrected chi connectivity index (χ1v) is 16.0. The van der Waals surface area contributed by atoms with Crippen molar-refractivity contribution >= 4 is 5.97 Å². The van der Waals surface area contributed by atoms with Crippen molar-refractivity contribution in [1.29, 1.82) is 0 Å². The van der Waals surface area contributed by atoms with Crippen LogP contribution in [-0.2, 0) is 4.74 Å². The Morgan fingerprint density at radius 2 is 1.89 bits per heavy atom. The fourth-order valence-electron chi connectivity index (χ4n) is 10.2. The van der Waals surface area contributed by atoms with Gasteiger partial charge in [-0.05, 0) is 122 Å². The van der Waals surface area contributed by atoms with Crippen LogP contribution in [-0.4, -0.2) is 17.1 Å². The quantitative estimate of drug-likeness (QED) is 0.254. The van der Waals surface area contributed by atoms with Crippen LogP contribution >= 0.6 is 0 Å². The molecule has 0 saturated heterocycles. The number of esters is 1. The highest BCUT2D eigenvalue weighted by molar-refractivity contribution is 5.89. The van der Waals surface area contributed by atoms with Crippen LogP contribution in [0, 0.1) is 52.3 Å². The standard InChI is InChI=1S/C35H53NO2/c1-7-25(19-23(2)3)20-24(4)30-12-13-31-29-11-10-27-21-28(38-33(37)26-9-8-18-36-22-26)14-16-34(27,5)32(29)15-17-35(30,31)6/h8-10,18,22-25,28-32H,7,11-17,19-21H2,1-6H3/t24-,25+,28+,29+,30-,31+,32+,34+,35-/m1/s1. The molecule has 5 rings (SSSR count). The molecule has 3 saturated carbocycles. The summed E-state index contributed by atoms with van der Waals surface area (Å²) in [5.74, 6) is 5.75. The molecule has 9 atom stereocenters. The van der Waals surface area contributed by atoms with Crippen molar-refractivity contribution in [1.82, 2.24) is 4.98 Å². The first-order valence-electron chi connectivity index (χ1n) is 16.0. The zero-order valence-electron chi connectivity index (χ0n) is 25.0. The highest BCUT2D eigenvalue weighted by Gasteiger charge is 2.59. The van der Waals surface area contributed by atoms with Crippen LogP contribution in [0.2, 0.25) is 0 Å². The van der Waals surface area contributed by atoms with Gasteiger partial charge in [0.2, 0.25) is 0 Å². The number of carbonyl (C=O) groups is 1. The van der Waals surface area contributed by atoms with Gasteiger partial charge in [0, 0.05) is 18.8 Å². The molecule has 1 aromatic heterocycles. The number of fused-ring (bicyclic) bond motifs is 5. The lowest BCUT2D eigenvalue weighted by molar-refractivity contribution is -0.0602. The van der Waals surface area contributed by atoms with Gasteiger partial charge >= 0.3 is 5.97 Å². The van der Waals surface area contributed by atoms with Crippen LogP contribution in [0.15, 0.2) is 36.2 Å². The lowest BCUT2D eigenvalue weighted by atomic mass is 9.47. The van der Waals surface area contributed by atoms with E-state index in [1.807, 2.05) is 0 Å². The summed E-state index contributed by atoms with van der Waals surface area (Å²) >= 11 is 0. The fourth-order valence-corrected chi connectivity index (χ4v) is 10.2. The second kappa shape index (κ2) is 11.1. The van der Waals surface area contributed by atoms with Crippen molar-refractivity contribution in [3.8, 4) is 0 Å². The Morgan fingerprint density at radius 1 is 1.08 bits per heavy atom. The summed E-state index contributed by atoms with van der Waals surface area (Å²) in [5.41, 5.74) is 2.95. The van der Waals surface area contributed by atoms with Crippen molar-refractivity contribution in [3.05, 3.63) is 41.7 Å². The maximum atomic E-state index is 12.7. The van der Waals surface area contributed by atoms with E-state index in [2.05, 4.69) is 52.6 Å². The lowest BCUT2D eigenvalue weighted by Gasteiger charge is -2.58. The summed E-state index contributed by atoms with van der Waals surface area (Å²) in [5, 5.41) is 0. The minimum atomic E-state index is -0.223. The number of allylic oxidation sites excluding steroid dienone is 1. The molecule has 4 aliphatic carbocycles. The first-order chi connectivity index (χ1) is 18.2. The van der Waals surface area contributed by atoms with Crippen LogP contribution in [0.3, 0.4) is 0 Å². The molecule has 210 valence electrons. The summed E-state index contributed by atoms with van der Waals surface area (Å²) in [4.78, 5) is 16.8. The molecule has 1 heterocycles. The number of hydrogen-bond donors (Lipinski definition) is 0. The normalized spacial score (nSPS) is 38.0. The van der Waals surface area contributed by atoms with Crippen molar-refractivity contribution in [2.75, 3.05) is 0 Å². The second-order valence-corrected chi connectivity index (χ2v) is 14.6. The Labute approximate surface area is 232 Å². The number of nitrogens with zero attached hydrogens (tertiary/aromatic N) is 1. The first kappa shape index (κ1) is 27.9. The molecule has 0 aromatic carbocycles. The van der Waals surface area contributed by atoms with Crippen molar-refractivity contribution in [3.63, 3.8) is 0 Å². The molecule has 1 aromatic rings. The average molecular weight is 520 g/mol. The third kappa shape index (κ3) is 5.13. The molecule has 38 heavy (non-hydrogen) atoms. The Kier molecular flexibility index (Phi) is 8.14. The summed E-state index contributed by atoms with van der Waals surface area (Å²) in [6.07, 6.45) is 20.1. The van der Waals surface area contributed by atoms with E-state index >= 15 is 0 Å². The Balaban J connectivity index is 1.26. The van der Waals surface area contributed by atoms with Crippen LogP contribution < -0.4 is 0 Å². The Bertz CT molecular complexity index is 1000. The van der Waals surface area contributed by atoms with Gasteiger partial charge in [-0.1, -0.05) is 59.6 Å². The summed E-state index contributed by atoms with van der Waals surface area (Å²) < 4.78 is 5.98. The van der Waals surface area contributed by atoms with Gasteiger partial charge in [-0.25, -0.2) is 4.79 Å². The Hall–Kier alpha value is -1.64. The summed E-state index contributed by atoms with van der Waals surface area (Å²) in [6, 6.07) is 3.60. The molecule has 0 spiro atoms. The monoisotopic (exact) mass is 519 g/mol. The van der Waals surface area contributed by atoms with E-state index in [9.17, 15) is 4.79 Å². The van der Waals surface area contributed by atoms with E-state index in [1.165, 1.54) is 51.4 Å². The SMILES string of the molecule is CC[C@@H](CC(C)C)C[C@@H](C)[C@H]1CC[C@H]2[C@@H]3CC=C4C[C@@H](OC(=O)c5cccnc5)CC[C@]4(C)[C@H]3CC[C@]12C. The third-order valence-corrected chi connectivity index (χ3v) is 12.1. The molecule has 3 nitrogen and oxygen atoms in total. The van der Waals surface area contributed by atoms with E-state index in [4.69, 9.17) is 4.74 Å². The molecular formula is C35H53NO2. The molecule has 3 fully saturated rings. The second-order valence-electron chi connectivity index (χ2n) is 14.6. The van der Waals surface area contributed by atoms with E-state index in [0.29, 0.717) is 11.0 Å². The summed E-state index contributed by atoms with van der Waals surface area (Å²) in [6.45, 7) is 15.1. The van der Waals surface area contributed by atoms with E-state index in [1.54, 1.807) is 30.1 Å². The average Bonchev–Trinajstić information content (AvgIpc) is 3.26. The molecule has 0 radical (unpaired) electrons. The summed E-state index contributed by atoms with van der Waals surface area (Å²) in [7, 11) is 0. The topological polar surface area (TPSA) is 39.2 Å². The largest absolute Gasteiger partial charge is 0.458 e. The van der Waals surface area contributed by atoms with Gasteiger partial charge in [0.25, 0.3) is 0 Å². The molecule has 0 bridgehead atoms. The smallest absolute Gasteiger partial charge is 0.339 e. The van der Waals surface area contributed by atoms with Crippen molar-refractivity contribution < 1.29 is 9.53 Å². The number of carbonyl (C=O) groups excluding carboxylic acids is 1. The molecule has 4 aliphatic rings. The van der Waals surface area contributed by atoms with Gasteiger partial charge in [0.1, 0.15) is 6.10 Å². The van der Waals surface area contributed by atoms with Crippen LogP contribution in [0.25, 0.3) is 0 Å². The molecule has 3 heteroatoms. The van der Waals surface area contributed by atoms with E-state index < -0.39 is 0 Å². The minimum Gasteiger partial charge on any atom is -0.458 e. The van der Waals surface area contributed by atoms with Crippen LogP contribution in [0.5, 0.6) is 0 Å². The molecule has 0 N–H and O–H groups in total. The van der Waals surface area contributed by atoms with Crippen LogP contribution in [0.4, 0.5) is 0 Å². The molecule has 0 unspecified atom stereocenters.